The van der Waals surface area contributed by atoms with Crippen LogP contribution in [0.3, 0.4) is 0 Å². The van der Waals surface area contributed by atoms with Crippen molar-refractivity contribution in [2.45, 2.75) is 38.1 Å². The van der Waals surface area contributed by atoms with Crippen LogP contribution < -0.4 is 5.32 Å². The third-order valence-electron chi connectivity index (χ3n) is 3.66. The van der Waals surface area contributed by atoms with Gasteiger partial charge in [-0.25, -0.2) is 0 Å². The molecule has 1 saturated carbocycles. The van der Waals surface area contributed by atoms with Crippen LogP contribution in [-0.2, 0) is 9.53 Å². The molecule has 0 aromatic heterocycles. The summed E-state index contributed by atoms with van der Waals surface area (Å²) in [4.78, 5) is 14.0. The molecule has 0 bridgehead atoms. The molecule has 104 valence electrons. The van der Waals surface area contributed by atoms with E-state index >= 15 is 0 Å². The number of rotatable bonds is 3. The molecule has 1 aliphatic heterocycles. The molecule has 1 saturated heterocycles. The molecule has 0 spiro atoms. The predicted molar refractivity (Wildman–Crippen MR) is 71.1 cm³/mol. The molecule has 0 atom stereocenters. The molecule has 0 aromatic carbocycles. The molecule has 2 rings (SSSR count). The molecule has 0 unspecified atom stereocenters. The van der Waals surface area contributed by atoms with Crippen LogP contribution in [0.25, 0.3) is 0 Å². The fraction of sp³-hybridized carbons (Fsp3) is 0.714. The lowest BCUT2D eigenvalue weighted by atomic mass is 9.95. The lowest BCUT2D eigenvalue weighted by Crippen LogP contribution is -2.38. The van der Waals surface area contributed by atoms with Crippen LogP contribution in [0.4, 0.5) is 0 Å². The minimum atomic E-state index is -0.235. The van der Waals surface area contributed by atoms with E-state index in [-0.39, 0.29) is 17.5 Å². The van der Waals surface area contributed by atoms with Gasteiger partial charge in [0, 0.05) is 25.3 Å². The van der Waals surface area contributed by atoms with Gasteiger partial charge < -0.3 is 15.0 Å². The highest BCUT2D eigenvalue weighted by molar-refractivity contribution is 5.97. The van der Waals surface area contributed by atoms with Crippen molar-refractivity contribution in [3.63, 3.8) is 0 Å². The van der Waals surface area contributed by atoms with Gasteiger partial charge in [-0.05, 0) is 12.8 Å². The Morgan fingerprint density at radius 1 is 1.26 bits per heavy atom. The summed E-state index contributed by atoms with van der Waals surface area (Å²) in [5.74, 6) is -0.235. The van der Waals surface area contributed by atoms with E-state index in [2.05, 4.69) is 5.32 Å². The van der Waals surface area contributed by atoms with Crippen molar-refractivity contribution in [2.24, 2.45) is 0 Å². The van der Waals surface area contributed by atoms with E-state index in [4.69, 9.17) is 10.00 Å². The molecule has 1 amide bonds. The number of ether oxygens (including phenoxy) is 1. The fourth-order valence-corrected chi connectivity index (χ4v) is 2.54. The Kier molecular flexibility index (Phi) is 5.22. The molecule has 1 heterocycles. The molecule has 19 heavy (non-hydrogen) atoms. The molecular weight excluding hydrogens is 242 g/mol. The number of hydrogen-bond acceptors (Lipinski definition) is 4. The van der Waals surface area contributed by atoms with Gasteiger partial charge in [-0.2, -0.15) is 5.26 Å². The average molecular weight is 263 g/mol. The van der Waals surface area contributed by atoms with Gasteiger partial charge in [0.15, 0.2) is 0 Å². The second kappa shape index (κ2) is 7.15. The molecule has 5 heteroatoms. The van der Waals surface area contributed by atoms with E-state index in [0.717, 1.165) is 25.9 Å². The van der Waals surface area contributed by atoms with E-state index in [0.29, 0.717) is 13.2 Å². The normalized spacial score (nSPS) is 21.8. The van der Waals surface area contributed by atoms with E-state index < -0.39 is 0 Å². The summed E-state index contributed by atoms with van der Waals surface area (Å²) in [7, 11) is 0. The summed E-state index contributed by atoms with van der Waals surface area (Å²) in [5.41, 5.74) is 0.201. The highest BCUT2D eigenvalue weighted by atomic mass is 16.5. The molecule has 2 fully saturated rings. The van der Waals surface area contributed by atoms with Gasteiger partial charge in [-0.3, -0.25) is 4.79 Å². The van der Waals surface area contributed by atoms with Gasteiger partial charge in [0.2, 0.25) is 0 Å². The highest BCUT2D eigenvalue weighted by Crippen LogP contribution is 2.17. The third kappa shape index (κ3) is 4.25. The lowest BCUT2D eigenvalue weighted by molar-refractivity contribution is -0.118. The maximum Gasteiger partial charge on any atom is 0.263 e. The third-order valence-corrected chi connectivity index (χ3v) is 3.66. The van der Waals surface area contributed by atoms with E-state index in [1.807, 2.05) is 11.0 Å². The molecule has 1 N–H and O–H groups in total. The highest BCUT2D eigenvalue weighted by Gasteiger charge is 2.19. The van der Waals surface area contributed by atoms with Crippen LogP contribution >= 0.6 is 0 Å². The zero-order chi connectivity index (χ0) is 13.5. The first-order valence-corrected chi connectivity index (χ1v) is 7.04. The number of hydrogen-bond donors (Lipinski definition) is 1. The van der Waals surface area contributed by atoms with Gasteiger partial charge >= 0.3 is 0 Å². The van der Waals surface area contributed by atoms with Crippen LogP contribution in [0.2, 0.25) is 0 Å². The van der Waals surface area contributed by atoms with Crippen molar-refractivity contribution < 1.29 is 9.53 Å². The maximum absolute atomic E-state index is 12.1. The summed E-state index contributed by atoms with van der Waals surface area (Å²) < 4.78 is 5.24. The van der Waals surface area contributed by atoms with Crippen molar-refractivity contribution in [3.05, 3.63) is 11.8 Å². The van der Waals surface area contributed by atoms with Crippen molar-refractivity contribution >= 4 is 5.91 Å². The lowest BCUT2D eigenvalue weighted by Gasteiger charge is -2.26. The Morgan fingerprint density at radius 2 is 1.95 bits per heavy atom. The number of carbonyl (C=O) groups excluding carboxylic acids is 1. The summed E-state index contributed by atoms with van der Waals surface area (Å²) in [6.07, 6.45) is 7.31. The molecule has 0 radical (unpaired) electrons. The van der Waals surface area contributed by atoms with Crippen molar-refractivity contribution in [1.82, 2.24) is 10.2 Å². The van der Waals surface area contributed by atoms with Gasteiger partial charge in [-0.15, -0.1) is 0 Å². The summed E-state index contributed by atoms with van der Waals surface area (Å²) in [6.45, 7) is 2.78. The Labute approximate surface area is 114 Å². The quantitative estimate of drug-likeness (QED) is 0.613. The van der Waals surface area contributed by atoms with Crippen LogP contribution in [0.1, 0.15) is 32.1 Å². The van der Waals surface area contributed by atoms with Crippen molar-refractivity contribution in [2.75, 3.05) is 26.3 Å². The number of morpholine rings is 1. The maximum atomic E-state index is 12.1. The average Bonchev–Trinajstić information content (AvgIpc) is 2.47. The largest absolute Gasteiger partial charge is 0.378 e. The second-order valence-corrected chi connectivity index (χ2v) is 5.11. The smallest absolute Gasteiger partial charge is 0.263 e. The number of nitriles is 1. The van der Waals surface area contributed by atoms with E-state index in [1.54, 1.807) is 6.20 Å². The van der Waals surface area contributed by atoms with Gasteiger partial charge in [-0.1, -0.05) is 19.3 Å². The fourth-order valence-electron chi connectivity index (χ4n) is 2.54. The Hall–Kier alpha value is -1.54. The Bertz CT molecular complexity index is 375. The molecule has 5 nitrogen and oxygen atoms in total. The van der Waals surface area contributed by atoms with Crippen LogP contribution in [0, 0.1) is 11.3 Å². The van der Waals surface area contributed by atoms with Crippen molar-refractivity contribution in [1.29, 1.82) is 5.26 Å². The topological polar surface area (TPSA) is 65.4 Å². The first-order chi connectivity index (χ1) is 9.29. The Morgan fingerprint density at radius 3 is 2.58 bits per heavy atom. The molecule has 1 aliphatic carbocycles. The minimum Gasteiger partial charge on any atom is -0.378 e. The van der Waals surface area contributed by atoms with Gasteiger partial charge in [0.05, 0.1) is 13.2 Å². The van der Waals surface area contributed by atoms with Gasteiger partial charge in [0.1, 0.15) is 11.6 Å². The van der Waals surface area contributed by atoms with E-state index in [1.165, 1.54) is 19.3 Å². The van der Waals surface area contributed by atoms with Crippen LogP contribution in [-0.4, -0.2) is 43.2 Å². The minimum absolute atomic E-state index is 0.201. The summed E-state index contributed by atoms with van der Waals surface area (Å²) in [6, 6.07) is 2.24. The standard InChI is InChI=1S/C14H21N3O2/c15-10-12(11-17-6-8-19-9-7-17)14(18)16-13-4-2-1-3-5-13/h11,13H,1-9H2,(H,16,18). The first kappa shape index (κ1) is 13.9. The molecule has 0 aromatic rings. The summed E-state index contributed by atoms with van der Waals surface area (Å²) >= 11 is 0. The molecule has 2 aliphatic rings. The summed E-state index contributed by atoms with van der Waals surface area (Å²) in [5, 5.41) is 12.1. The van der Waals surface area contributed by atoms with E-state index in [9.17, 15) is 4.79 Å². The predicted octanol–water partition coefficient (Wildman–Crippen LogP) is 1.17. The zero-order valence-corrected chi connectivity index (χ0v) is 11.2. The molecular formula is C14H21N3O2. The SMILES string of the molecule is N#CC(=CN1CCOCC1)C(=O)NC1CCCCC1. The van der Waals surface area contributed by atoms with Crippen LogP contribution in [0.5, 0.6) is 0 Å². The number of nitrogens with zero attached hydrogens (tertiary/aromatic N) is 2. The second-order valence-electron chi connectivity index (χ2n) is 5.11. The number of nitrogens with one attached hydrogen (secondary N) is 1. The van der Waals surface area contributed by atoms with Crippen molar-refractivity contribution in [3.8, 4) is 6.07 Å². The monoisotopic (exact) mass is 263 g/mol. The Balaban J connectivity index is 1.90. The van der Waals surface area contributed by atoms with Gasteiger partial charge in [0.25, 0.3) is 5.91 Å². The number of carbonyl (C=O) groups is 1. The van der Waals surface area contributed by atoms with Crippen LogP contribution in [0.15, 0.2) is 11.8 Å². The zero-order valence-electron chi connectivity index (χ0n) is 11.2. The number of amides is 1. The first-order valence-electron chi connectivity index (χ1n) is 7.04.